The van der Waals surface area contributed by atoms with Gasteiger partial charge in [0.05, 0.1) is 33.4 Å². The van der Waals surface area contributed by atoms with Gasteiger partial charge < -0.3 is 9.13 Å². The highest BCUT2D eigenvalue weighted by Crippen LogP contribution is 2.42. The van der Waals surface area contributed by atoms with E-state index >= 15 is 0 Å². The van der Waals surface area contributed by atoms with Crippen molar-refractivity contribution in [1.29, 1.82) is 0 Å². The average molecular weight is 819 g/mol. The molecule has 296 valence electrons. The summed E-state index contributed by atoms with van der Waals surface area (Å²) in [6.07, 6.45) is 0. The van der Waals surface area contributed by atoms with E-state index in [1.807, 2.05) is 0 Å². The van der Waals surface area contributed by atoms with E-state index in [0.717, 1.165) is 11.4 Å². The summed E-state index contributed by atoms with van der Waals surface area (Å²) in [6, 6.07) is 94.4. The van der Waals surface area contributed by atoms with E-state index in [1.165, 1.54) is 86.6 Å². The molecule has 0 aliphatic rings. The maximum atomic E-state index is 2.57. The Bertz CT molecular complexity index is 3500. The fraction of sp³-hybridized carbons (Fsp3) is 0. The molecule has 0 fully saturated rings. The van der Waals surface area contributed by atoms with Gasteiger partial charge in [-0.05, 0) is 67.8 Å². The molecule has 0 aliphatic carbocycles. The van der Waals surface area contributed by atoms with Crippen molar-refractivity contribution in [2.24, 2.45) is 0 Å². The number of rotatable bonds is 8. The molecule has 3 heteroatoms. The Balaban J connectivity index is 1.24. The van der Waals surface area contributed by atoms with Crippen LogP contribution in [0, 0.1) is 0 Å². The summed E-state index contributed by atoms with van der Waals surface area (Å²) in [6.45, 7) is 0. The first-order valence-corrected chi connectivity index (χ1v) is 23.8. The zero-order chi connectivity index (χ0) is 41.7. The zero-order valence-corrected chi connectivity index (χ0v) is 35.6. The van der Waals surface area contributed by atoms with Crippen molar-refractivity contribution in [2.45, 2.75) is 0 Å². The maximum Gasteiger partial charge on any atom is 0.179 e. The lowest BCUT2D eigenvalue weighted by Crippen LogP contribution is -2.74. The van der Waals surface area contributed by atoms with Gasteiger partial charge >= 0.3 is 0 Å². The van der Waals surface area contributed by atoms with Crippen LogP contribution in [0.4, 0.5) is 0 Å². The molecule has 2 aromatic heterocycles. The summed E-state index contributed by atoms with van der Waals surface area (Å²) < 4.78 is 5.09. The normalized spacial score (nSPS) is 11.8. The molecule has 0 saturated carbocycles. The zero-order valence-electron chi connectivity index (χ0n) is 34.6. The highest BCUT2D eigenvalue weighted by Gasteiger charge is 2.41. The monoisotopic (exact) mass is 818 g/mol. The third-order valence-corrected chi connectivity index (χ3v) is 17.8. The van der Waals surface area contributed by atoms with Gasteiger partial charge in [-0.1, -0.05) is 224 Å². The smallest absolute Gasteiger partial charge is 0.179 e. The van der Waals surface area contributed by atoms with E-state index in [4.69, 9.17) is 0 Å². The highest BCUT2D eigenvalue weighted by atomic mass is 28.3. The number of nitrogens with zero attached hydrogens (tertiary/aromatic N) is 2. The maximum absolute atomic E-state index is 2.86. The van der Waals surface area contributed by atoms with Crippen molar-refractivity contribution < 1.29 is 0 Å². The molecule has 0 saturated heterocycles. The summed E-state index contributed by atoms with van der Waals surface area (Å²) in [5.74, 6) is 0. The molecule has 2 heterocycles. The van der Waals surface area contributed by atoms with Crippen LogP contribution in [0.3, 0.4) is 0 Å². The minimum absolute atomic E-state index is 1.14. The lowest BCUT2D eigenvalue weighted by Gasteiger charge is -2.34. The van der Waals surface area contributed by atoms with Gasteiger partial charge in [-0.2, -0.15) is 0 Å². The first-order valence-electron chi connectivity index (χ1n) is 21.8. The van der Waals surface area contributed by atoms with Crippen molar-refractivity contribution in [3.8, 4) is 33.6 Å². The molecule has 0 unspecified atom stereocenters. The molecule has 10 aromatic carbocycles. The van der Waals surface area contributed by atoms with Gasteiger partial charge in [0.15, 0.2) is 8.07 Å². The van der Waals surface area contributed by atoms with Crippen molar-refractivity contribution in [1.82, 2.24) is 9.13 Å². The molecule has 0 bridgehead atoms. The molecule has 0 spiro atoms. The highest BCUT2D eigenvalue weighted by molar-refractivity contribution is 7.20. The first kappa shape index (κ1) is 36.8. The third kappa shape index (κ3) is 5.85. The summed E-state index contributed by atoms with van der Waals surface area (Å²) in [7, 11) is -2.86. The summed E-state index contributed by atoms with van der Waals surface area (Å²) in [5.41, 5.74) is 11.8. The summed E-state index contributed by atoms with van der Waals surface area (Å²) in [4.78, 5) is 0. The Hall–Kier alpha value is -7.98. The minimum atomic E-state index is -2.86. The topological polar surface area (TPSA) is 9.86 Å². The van der Waals surface area contributed by atoms with Gasteiger partial charge in [0.2, 0.25) is 0 Å². The Morgan fingerprint density at radius 2 is 0.730 bits per heavy atom. The molecule has 63 heavy (non-hydrogen) atoms. The number of fused-ring (bicyclic) bond motifs is 6. The van der Waals surface area contributed by atoms with Crippen LogP contribution in [0.25, 0.3) is 77.2 Å². The SMILES string of the molecule is c1ccc(-c2ccc3c4ccc([Si](c5ccccc5)(c5ccccc5)c5ccccc5)cc4n(-c4cccc5c6ccccc6n(-c6ccccc6-c6ccccc6)c45)c3c2)cc1. The second-order valence-corrected chi connectivity index (χ2v) is 20.2. The molecule has 0 amide bonds. The van der Waals surface area contributed by atoms with E-state index in [-0.39, 0.29) is 0 Å². The largest absolute Gasteiger partial charge is 0.307 e. The van der Waals surface area contributed by atoms with Crippen LogP contribution < -0.4 is 20.7 Å². The molecule has 12 aromatic rings. The Morgan fingerprint density at radius 1 is 0.254 bits per heavy atom. The number of para-hydroxylation sites is 3. The Labute approximate surface area is 368 Å². The minimum Gasteiger partial charge on any atom is -0.307 e. The number of hydrogen-bond acceptors (Lipinski definition) is 0. The van der Waals surface area contributed by atoms with Gasteiger partial charge in [-0.15, -0.1) is 0 Å². The number of aromatic nitrogens is 2. The molecule has 0 aliphatic heterocycles. The van der Waals surface area contributed by atoms with Gasteiger partial charge in [0.1, 0.15) is 0 Å². The summed E-state index contributed by atoms with van der Waals surface area (Å²) in [5, 5.41) is 10.3. The van der Waals surface area contributed by atoms with E-state index in [1.54, 1.807) is 0 Å². The lowest BCUT2D eigenvalue weighted by atomic mass is 10.0. The van der Waals surface area contributed by atoms with Crippen LogP contribution in [0.2, 0.25) is 0 Å². The molecular weight excluding hydrogens is 777 g/mol. The predicted molar refractivity (Wildman–Crippen MR) is 270 cm³/mol. The molecule has 2 nitrogen and oxygen atoms in total. The van der Waals surface area contributed by atoms with E-state index in [0.29, 0.717) is 0 Å². The quantitative estimate of drug-likeness (QED) is 0.107. The number of hydrogen-bond donors (Lipinski definition) is 0. The van der Waals surface area contributed by atoms with Gasteiger partial charge in [0.25, 0.3) is 0 Å². The predicted octanol–water partition coefficient (Wildman–Crippen LogP) is 12.6. The fourth-order valence-corrected chi connectivity index (χ4v) is 15.1. The van der Waals surface area contributed by atoms with Gasteiger partial charge in [0, 0.05) is 27.1 Å². The van der Waals surface area contributed by atoms with Crippen LogP contribution >= 0.6 is 0 Å². The Kier molecular flexibility index (Phi) is 8.87. The van der Waals surface area contributed by atoms with Crippen LogP contribution in [0.15, 0.2) is 255 Å². The lowest BCUT2D eigenvalue weighted by molar-refractivity contribution is 1.13. The third-order valence-electron chi connectivity index (χ3n) is 13.1. The summed E-state index contributed by atoms with van der Waals surface area (Å²) >= 11 is 0. The second-order valence-electron chi connectivity index (χ2n) is 16.4. The first-order chi connectivity index (χ1) is 31.3. The van der Waals surface area contributed by atoms with Crippen molar-refractivity contribution in [2.75, 3.05) is 0 Å². The van der Waals surface area contributed by atoms with Crippen LogP contribution in [-0.2, 0) is 0 Å². The number of benzene rings is 10. The van der Waals surface area contributed by atoms with Crippen molar-refractivity contribution in [3.05, 3.63) is 255 Å². The van der Waals surface area contributed by atoms with Gasteiger partial charge in [-0.3, -0.25) is 0 Å². The molecule has 0 radical (unpaired) electrons. The van der Waals surface area contributed by atoms with Gasteiger partial charge in [-0.25, -0.2) is 0 Å². The van der Waals surface area contributed by atoms with Crippen LogP contribution in [0.1, 0.15) is 0 Å². The van der Waals surface area contributed by atoms with Crippen molar-refractivity contribution in [3.63, 3.8) is 0 Å². The van der Waals surface area contributed by atoms with Crippen LogP contribution in [-0.4, -0.2) is 17.2 Å². The van der Waals surface area contributed by atoms with E-state index in [9.17, 15) is 0 Å². The molecule has 0 atom stereocenters. The molecule has 0 N–H and O–H groups in total. The van der Waals surface area contributed by atoms with Crippen molar-refractivity contribution >= 4 is 72.4 Å². The second kappa shape index (κ2) is 15.2. The van der Waals surface area contributed by atoms with E-state index < -0.39 is 8.07 Å². The van der Waals surface area contributed by atoms with E-state index in [2.05, 4.69) is 264 Å². The standard InChI is InChI=1S/C60H42N2Si/c1-6-21-43(22-7-1)45-37-39-52-53-40-38-49(63(46-25-10-3-11-26-46,47-27-12-4-13-28-47)48-29-14-5-15-30-48)42-59(53)61(58(52)41-45)57-36-20-33-54-51-32-17-19-35-56(51)62(60(54)57)55-34-18-16-31-50(55)44-23-8-2-9-24-44/h1-42H. The fourth-order valence-electron chi connectivity index (χ4n) is 10.3. The average Bonchev–Trinajstić information content (AvgIpc) is 3.88. The Morgan fingerprint density at radius 3 is 1.38 bits per heavy atom. The van der Waals surface area contributed by atoms with Crippen LogP contribution in [0.5, 0.6) is 0 Å². The molecular formula is C60H42N2Si. The molecule has 12 rings (SSSR count).